The summed E-state index contributed by atoms with van der Waals surface area (Å²) in [6.45, 7) is 4.96. The number of benzene rings is 1. The first kappa shape index (κ1) is 13.1. The number of aryl methyl sites for hydroxylation is 2. The summed E-state index contributed by atoms with van der Waals surface area (Å²) in [5.74, 6) is 2.96. The van der Waals surface area contributed by atoms with Crippen LogP contribution in [0.5, 0.6) is 0 Å². The van der Waals surface area contributed by atoms with Crippen molar-refractivity contribution < 1.29 is 4.42 Å². The highest BCUT2D eigenvalue weighted by molar-refractivity contribution is 7.97. The lowest BCUT2D eigenvalue weighted by Gasteiger charge is -2.07. The number of anilines is 1. The molecule has 0 saturated carbocycles. The van der Waals surface area contributed by atoms with Gasteiger partial charge in [-0.25, -0.2) is 0 Å². The molecule has 0 fully saturated rings. The number of thioether (sulfide) groups is 1. The van der Waals surface area contributed by atoms with Gasteiger partial charge < -0.3 is 9.73 Å². The Bertz CT molecular complexity index is 499. The van der Waals surface area contributed by atoms with E-state index in [0.29, 0.717) is 0 Å². The molecule has 0 saturated heterocycles. The van der Waals surface area contributed by atoms with E-state index in [1.807, 2.05) is 6.07 Å². The van der Waals surface area contributed by atoms with E-state index in [1.165, 1.54) is 11.1 Å². The van der Waals surface area contributed by atoms with Crippen molar-refractivity contribution in [2.24, 2.45) is 0 Å². The van der Waals surface area contributed by atoms with Crippen LogP contribution >= 0.6 is 11.8 Å². The monoisotopic (exact) mass is 261 g/mol. The van der Waals surface area contributed by atoms with Gasteiger partial charge in [-0.1, -0.05) is 6.07 Å². The quantitative estimate of drug-likeness (QED) is 0.865. The molecule has 0 aliphatic rings. The summed E-state index contributed by atoms with van der Waals surface area (Å²) in [5.41, 5.74) is 3.70. The van der Waals surface area contributed by atoms with Gasteiger partial charge in [0.05, 0.1) is 12.3 Å². The van der Waals surface area contributed by atoms with Crippen LogP contribution in [0, 0.1) is 13.8 Å². The van der Waals surface area contributed by atoms with Crippen LogP contribution in [0.4, 0.5) is 5.69 Å². The van der Waals surface area contributed by atoms with E-state index in [9.17, 15) is 0 Å². The van der Waals surface area contributed by atoms with Gasteiger partial charge in [-0.15, -0.1) is 0 Å². The Hall–Kier alpha value is -1.35. The van der Waals surface area contributed by atoms with Crippen LogP contribution < -0.4 is 5.32 Å². The van der Waals surface area contributed by atoms with Gasteiger partial charge >= 0.3 is 0 Å². The Morgan fingerprint density at radius 2 is 1.72 bits per heavy atom. The SMILES string of the molecule is CSCc1ccc(CNc2cc(C)cc(C)c2)o1. The lowest BCUT2D eigenvalue weighted by atomic mass is 10.1. The maximum atomic E-state index is 5.72. The highest BCUT2D eigenvalue weighted by Crippen LogP contribution is 2.17. The van der Waals surface area contributed by atoms with Gasteiger partial charge in [0.2, 0.25) is 0 Å². The van der Waals surface area contributed by atoms with Crippen molar-refractivity contribution in [1.29, 1.82) is 0 Å². The molecule has 96 valence electrons. The van der Waals surface area contributed by atoms with Gasteiger partial charge in [0, 0.05) is 5.69 Å². The zero-order valence-corrected chi connectivity index (χ0v) is 11.9. The van der Waals surface area contributed by atoms with Gasteiger partial charge in [0.15, 0.2) is 0 Å². The zero-order chi connectivity index (χ0) is 13.0. The van der Waals surface area contributed by atoms with Crippen molar-refractivity contribution in [3.63, 3.8) is 0 Å². The van der Waals surface area contributed by atoms with Crippen LogP contribution in [0.25, 0.3) is 0 Å². The van der Waals surface area contributed by atoms with Crippen LogP contribution in [-0.2, 0) is 12.3 Å². The van der Waals surface area contributed by atoms with Crippen molar-refractivity contribution in [2.75, 3.05) is 11.6 Å². The van der Waals surface area contributed by atoms with E-state index in [1.54, 1.807) is 11.8 Å². The molecule has 0 amide bonds. The third-order valence-electron chi connectivity index (χ3n) is 2.69. The molecule has 0 radical (unpaired) electrons. The van der Waals surface area contributed by atoms with Gasteiger partial charge in [0.25, 0.3) is 0 Å². The molecule has 0 unspecified atom stereocenters. The summed E-state index contributed by atoms with van der Waals surface area (Å²) in [6.07, 6.45) is 2.08. The standard InChI is InChI=1S/C15H19NOS/c1-11-6-12(2)8-13(7-11)16-9-14-4-5-15(17-14)10-18-3/h4-8,16H,9-10H2,1-3H3. The summed E-state index contributed by atoms with van der Waals surface area (Å²) < 4.78 is 5.72. The topological polar surface area (TPSA) is 25.2 Å². The van der Waals surface area contributed by atoms with E-state index >= 15 is 0 Å². The first-order chi connectivity index (χ1) is 8.67. The average molecular weight is 261 g/mol. The van der Waals surface area contributed by atoms with Gasteiger partial charge in [0.1, 0.15) is 11.5 Å². The molecule has 0 aliphatic heterocycles. The predicted molar refractivity (Wildman–Crippen MR) is 79.2 cm³/mol. The molecule has 0 atom stereocenters. The molecule has 1 aromatic carbocycles. The summed E-state index contributed by atoms with van der Waals surface area (Å²) in [7, 11) is 0. The van der Waals surface area contributed by atoms with E-state index in [0.717, 1.165) is 29.5 Å². The molecule has 2 rings (SSSR count). The minimum atomic E-state index is 0.733. The largest absolute Gasteiger partial charge is 0.463 e. The molecule has 0 aliphatic carbocycles. The molecular weight excluding hydrogens is 242 g/mol. The smallest absolute Gasteiger partial charge is 0.123 e. The Balaban J connectivity index is 1.97. The number of hydrogen-bond donors (Lipinski definition) is 1. The fourth-order valence-electron chi connectivity index (χ4n) is 2.00. The minimum Gasteiger partial charge on any atom is -0.463 e. The average Bonchev–Trinajstić information content (AvgIpc) is 2.74. The Morgan fingerprint density at radius 1 is 1.06 bits per heavy atom. The van der Waals surface area contributed by atoms with Crippen molar-refractivity contribution in [2.45, 2.75) is 26.1 Å². The Morgan fingerprint density at radius 3 is 2.39 bits per heavy atom. The number of furan rings is 1. The maximum absolute atomic E-state index is 5.72. The van der Waals surface area contributed by atoms with Gasteiger partial charge in [-0.3, -0.25) is 0 Å². The molecule has 0 bridgehead atoms. The lowest BCUT2D eigenvalue weighted by Crippen LogP contribution is -1.98. The molecule has 1 N–H and O–H groups in total. The second-order valence-electron chi connectivity index (χ2n) is 4.53. The summed E-state index contributed by atoms with van der Waals surface area (Å²) in [4.78, 5) is 0. The van der Waals surface area contributed by atoms with E-state index in [2.05, 4.69) is 49.7 Å². The maximum Gasteiger partial charge on any atom is 0.123 e. The molecule has 1 aromatic heterocycles. The molecular formula is C15H19NOS. The fourth-order valence-corrected chi connectivity index (χ4v) is 2.44. The van der Waals surface area contributed by atoms with Crippen molar-refractivity contribution in [3.05, 3.63) is 53.0 Å². The summed E-state index contributed by atoms with van der Waals surface area (Å²) >= 11 is 1.77. The molecule has 3 heteroatoms. The summed E-state index contributed by atoms with van der Waals surface area (Å²) in [6, 6.07) is 10.6. The second-order valence-corrected chi connectivity index (χ2v) is 5.40. The van der Waals surface area contributed by atoms with E-state index in [4.69, 9.17) is 4.42 Å². The Labute approximate surface area is 113 Å². The molecule has 1 heterocycles. The molecule has 18 heavy (non-hydrogen) atoms. The predicted octanol–water partition coefficient (Wildman–Crippen LogP) is 4.37. The third kappa shape index (κ3) is 3.57. The molecule has 0 spiro atoms. The highest BCUT2D eigenvalue weighted by atomic mass is 32.2. The van der Waals surface area contributed by atoms with Crippen LogP contribution in [0.3, 0.4) is 0 Å². The van der Waals surface area contributed by atoms with Crippen molar-refractivity contribution in [3.8, 4) is 0 Å². The lowest BCUT2D eigenvalue weighted by molar-refractivity contribution is 0.487. The van der Waals surface area contributed by atoms with Crippen molar-refractivity contribution >= 4 is 17.4 Å². The number of hydrogen-bond acceptors (Lipinski definition) is 3. The minimum absolute atomic E-state index is 0.733. The Kier molecular flexibility index (Phi) is 4.37. The molecule has 2 nitrogen and oxygen atoms in total. The normalized spacial score (nSPS) is 10.6. The van der Waals surface area contributed by atoms with Crippen LogP contribution in [0.1, 0.15) is 22.6 Å². The van der Waals surface area contributed by atoms with E-state index in [-0.39, 0.29) is 0 Å². The van der Waals surface area contributed by atoms with Gasteiger partial charge in [-0.2, -0.15) is 11.8 Å². The number of rotatable bonds is 5. The van der Waals surface area contributed by atoms with Crippen LogP contribution in [-0.4, -0.2) is 6.26 Å². The fraction of sp³-hybridized carbons (Fsp3) is 0.333. The number of nitrogens with one attached hydrogen (secondary N) is 1. The van der Waals surface area contributed by atoms with Crippen LogP contribution in [0.2, 0.25) is 0 Å². The highest BCUT2D eigenvalue weighted by Gasteiger charge is 2.02. The first-order valence-electron chi connectivity index (χ1n) is 6.06. The first-order valence-corrected chi connectivity index (χ1v) is 7.45. The third-order valence-corrected chi connectivity index (χ3v) is 3.27. The summed E-state index contributed by atoms with van der Waals surface area (Å²) in [5, 5.41) is 3.40. The van der Waals surface area contributed by atoms with Crippen molar-refractivity contribution in [1.82, 2.24) is 0 Å². The van der Waals surface area contributed by atoms with Crippen LogP contribution in [0.15, 0.2) is 34.7 Å². The molecule has 2 aromatic rings. The zero-order valence-electron chi connectivity index (χ0n) is 11.1. The van der Waals surface area contributed by atoms with E-state index < -0.39 is 0 Å². The second kappa shape index (κ2) is 6.01. The van der Waals surface area contributed by atoms with Gasteiger partial charge in [-0.05, 0) is 55.5 Å².